The van der Waals surface area contributed by atoms with Gasteiger partial charge in [0.25, 0.3) is 0 Å². The molecule has 1 atom stereocenters. The summed E-state index contributed by atoms with van der Waals surface area (Å²) in [6.45, 7) is 5.00. The SMILES string of the molecule is CCCCC(CC)COc1ccc(N)c(F)c1. The summed E-state index contributed by atoms with van der Waals surface area (Å²) in [5, 5.41) is 0. The van der Waals surface area contributed by atoms with Crippen LogP contribution in [-0.4, -0.2) is 6.61 Å². The van der Waals surface area contributed by atoms with Crippen LogP contribution in [0.2, 0.25) is 0 Å². The standard InChI is InChI=1S/C14H22FNO/c1-3-5-6-11(4-2)10-17-12-7-8-14(16)13(15)9-12/h7-9,11H,3-6,10,16H2,1-2H3. The minimum atomic E-state index is -0.413. The van der Waals surface area contributed by atoms with Crippen LogP contribution in [0.4, 0.5) is 10.1 Å². The van der Waals surface area contributed by atoms with Crippen molar-refractivity contribution < 1.29 is 9.13 Å². The van der Waals surface area contributed by atoms with Gasteiger partial charge < -0.3 is 10.5 Å². The Morgan fingerprint density at radius 3 is 2.71 bits per heavy atom. The Labute approximate surface area is 103 Å². The highest BCUT2D eigenvalue weighted by molar-refractivity contribution is 5.43. The van der Waals surface area contributed by atoms with Crippen molar-refractivity contribution in [2.45, 2.75) is 39.5 Å². The highest BCUT2D eigenvalue weighted by Gasteiger charge is 2.07. The Hall–Kier alpha value is -1.25. The van der Waals surface area contributed by atoms with Crippen LogP contribution in [0.3, 0.4) is 0 Å². The Bertz CT molecular complexity index is 341. The second-order valence-corrected chi connectivity index (χ2v) is 4.41. The van der Waals surface area contributed by atoms with Gasteiger partial charge in [0.05, 0.1) is 12.3 Å². The molecule has 0 spiro atoms. The van der Waals surface area contributed by atoms with Crippen LogP contribution in [-0.2, 0) is 0 Å². The number of hydrogen-bond donors (Lipinski definition) is 1. The third-order valence-corrected chi connectivity index (χ3v) is 3.00. The molecule has 0 fully saturated rings. The molecule has 0 bridgehead atoms. The molecular weight excluding hydrogens is 217 g/mol. The molecule has 1 aromatic rings. The molecule has 0 saturated heterocycles. The smallest absolute Gasteiger partial charge is 0.149 e. The van der Waals surface area contributed by atoms with Gasteiger partial charge >= 0.3 is 0 Å². The summed E-state index contributed by atoms with van der Waals surface area (Å²) in [6, 6.07) is 4.60. The molecular formula is C14H22FNO. The van der Waals surface area contributed by atoms with Crippen LogP contribution in [0.5, 0.6) is 5.75 Å². The van der Waals surface area contributed by atoms with E-state index in [1.54, 1.807) is 6.07 Å². The zero-order chi connectivity index (χ0) is 12.7. The maximum absolute atomic E-state index is 13.2. The first-order valence-corrected chi connectivity index (χ1v) is 6.35. The average molecular weight is 239 g/mol. The Morgan fingerprint density at radius 2 is 2.12 bits per heavy atom. The van der Waals surface area contributed by atoms with Crippen molar-refractivity contribution in [1.82, 2.24) is 0 Å². The largest absolute Gasteiger partial charge is 0.493 e. The van der Waals surface area contributed by atoms with E-state index in [2.05, 4.69) is 13.8 Å². The van der Waals surface area contributed by atoms with Crippen molar-refractivity contribution in [3.05, 3.63) is 24.0 Å². The summed E-state index contributed by atoms with van der Waals surface area (Å²) >= 11 is 0. The molecule has 1 rings (SSSR count). The predicted molar refractivity (Wildman–Crippen MR) is 69.6 cm³/mol. The summed E-state index contributed by atoms with van der Waals surface area (Å²) in [5.41, 5.74) is 5.57. The van der Waals surface area contributed by atoms with Crippen molar-refractivity contribution in [2.24, 2.45) is 5.92 Å². The molecule has 0 aliphatic rings. The second kappa shape index (κ2) is 7.15. The van der Waals surface area contributed by atoms with E-state index in [1.165, 1.54) is 31.4 Å². The number of nitrogen functional groups attached to an aromatic ring is 1. The number of anilines is 1. The zero-order valence-electron chi connectivity index (χ0n) is 10.7. The molecule has 1 aromatic carbocycles. The molecule has 0 aliphatic carbocycles. The van der Waals surface area contributed by atoms with Crippen LogP contribution in [0.15, 0.2) is 18.2 Å². The minimum Gasteiger partial charge on any atom is -0.493 e. The van der Waals surface area contributed by atoms with E-state index in [0.717, 1.165) is 6.42 Å². The lowest BCUT2D eigenvalue weighted by Gasteiger charge is -2.15. The Morgan fingerprint density at radius 1 is 1.35 bits per heavy atom. The van der Waals surface area contributed by atoms with Gasteiger partial charge in [-0.1, -0.05) is 33.1 Å². The van der Waals surface area contributed by atoms with E-state index in [1.807, 2.05) is 0 Å². The van der Waals surface area contributed by atoms with Gasteiger partial charge in [-0.25, -0.2) is 4.39 Å². The molecule has 0 amide bonds. The maximum Gasteiger partial charge on any atom is 0.149 e. The van der Waals surface area contributed by atoms with E-state index in [4.69, 9.17) is 10.5 Å². The highest BCUT2D eigenvalue weighted by Crippen LogP contribution is 2.20. The van der Waals surface area contributed by atoms with E-state index in [0.29, 0.717) is 18.3 Å². The number of benzene rings is 1. The topological polar surface area (TPSA) is 35.2 Å². The molecule has 2 N–H and O–H groups in total. The monoisotopic (exact) mass is 239 g/mol. The zero-order valence-corrected chi connectivity index (χ0v) is 10.7. The van der Waals surface area contributed by atoms with E-state index in [-0.39, 0.29) is 5.69 Å². The van der Waals surface area contributed by atoms with Crippen molar-refractivity contribution in [2.75, 3.05) is 12.3 Å². The molecule has 0 saturated carbocycles. The number of ether oxygens (including phenoxy) is 1. The number of rotatable bonds is 7. The fourth-order valence-corrected chi connectivity index (χ4v) is 1.71. The fourth-order valence-electron chi connectivity index (χ4n) is 1.71. The first-order valence-electron chi connectivity index (χ1n) is 6.35. The van der Waals surface area contributed by atoms with Crippen molar-refractivity contribution in [3.8, 4) is 5.75 Å². The van der Waals surface area contributed by atoms with E-state index in [9.17, 15) is 4.39 Å². The molecule has 0 aromatic heterocycles. The number of unbranched alkanes of at least 4 members (excludes halogenated alkanes) is 1. The maximum atomic E-state index is 13.2. The summed E-state index contributed by atoms with van der Waals surface area (Å²) in [7, 11) is 0. The quantitative estimate of drug-likeness (QED) is 0.730. The summed E-state index contributed by atoms with van der Waals surface area (Å²) < 4.78 is 18.8. The lowest BCUT2D eigenvalue weighted by atomic mass is 10.0. The van der Waals surface area contributed by atoms with Crippen LogP contribution in [0.25, 0.3) is 0 Å². The number of hydrogen-bond acceptors (Lipinski definition) is 2. The third kappa shape index (κ3) is 4.63. The van der Waals surface area contributed by atoms with Crippen molar-refractivity contribution >= 4 is 5.69 Å². The van der Waals surface area contributed by atoms with Crippen LogP contribution in [0, 0.1) is 11.7 Å². The van der Waals surface area contributed by atoms with Gasteiger partial charge in [0.1, 0.15) is 11.6 Å². The summed E-state index contributed by atoms with van der Waals surface area (Å²) in [6.07, 6.45) is 4.69. The van der Waals surface area contributed by atoms with Crippen LogP contribution < -0.4 is 10.5 Å². The van der Waals surface area contributed by atoms with Crippen molar-refractivity contribution in [3.63, 3.8) is 0 Å². The molecule has 0 heterocycles. The predicted octanol–water partition coefficient (Wildman–Crippen LogP) is 4.00. The lowest BCUT2D eigenvalue weighted by Crippen LogP contribution is -2.11. The average Bonchev–Trinajstić information content (AvgIpc) is 2.34. The van der Waals surface area contributed by atoms with E-state index < -0.39 is 5.82 Å². The Balaban J connectivity index is 2.45. The van der Waals surface area contributed by atoms with Gasteiger partial charge in [-0.3, -0.25) is 0 Å². The van der Waals surface area contributed by atoms with E-state index >= 15 is 0 Å². The first kappa shape index (κ1) is 13.8. The van der Waals surface area contributed by atoms with Gasteiger partial charge in [0.15, 0.2) is 0 Å². The molecule has 0 aliphatic heterocycles. The summed E-state index contributed by atoms with van der Waals surface area (Å²) in [4.78, 5) is 0. The molecule has 2 nitrogen and oxygen atoms in total. The summed E-state index contributed by atoms with van der Waals surface area (Å²) in [5.74, 6) is 0.700. The first-order chi connectivity index (χ1) is 8.17. The lowest BCUT2D eigenvalue weighted by molar-refractivity contribution is 0.232. The fraction of sp³-hybridized carbons (Fsp3) is 0.571. The third-order valence-electron chi connectivity index (χ3n) is 3.00. The number of nitrogens with two attached hydrogens (primary N) is 1. The highest BCUT2D eigenvalue weighted by atomic mass is 19.1. The molecule has 0 radical (unpaired) electrons. The number of halogens is 1. The van der Waals surface area contributed by atoms with Crippen LogP contribution >= 0.6 is 0 Å². The van der Waals surface area contributed by atoms with Crippen molar-refractivity contribution in [1.29, 1.82) is 0 Å². The molecule has 3 heteroatoms. The van der Waals surface area contributed by atoms with Gasteiger partial charge in [-0.05, 0) is 24.5 Å². The molecule has 96 valence electrons. The molecule has 17 heavy (non-hydrogen) atoms. The van der Waals surface area contributed by atoms with Gasteiger partial charge in [-0.15, -0.1) is 0 Å². The molecule has 1 unspecified atom stereocenters. The van der Waals surface area contributed by atoms with Crippen LogP contribution in [0.1, 0.15) is 39.5 Å². The van der Waals surface area contributed by atoms with Gasteiger partial charge in [-0.2, -0.15) is 0 Å². The van der Waals surface area contributed by atoms with Gasteiger partial charge in [0, 0.05) is 6.07 Å². The Kier molecular flexibility index (Phi) is 5.81. The van der Waals surface area contributed by atoms with Gasteiger partial charge in [0.2, 0.25) is 0 Å². The second-order valence-electron chi connectivity index (χ2n) is 4.41. The normalized spacial score (nSPS) is 12.4. The minimum absolute atomic E-state index is 0.162.